The molecule has 5 heteroatoms. The lowest BCUT2D eigenvalue weighted by Crippen LogP contribution is -2.18. The lowest BCUT2D eigenvalue weighted by Gasteiger charge is -2.10. The van der Waals surface area contributed by atoms with E-state index in [9.17, 15) is 4.79 Å². The zero-order valence-electron chi connectivity index (χ0n) is 17.4. The molecule has 0 atom stereocenters. The number of nitrogens with one attached hydrogen (secondary N) is 1. The standard InChI is InChI=1S/C26H23N3O2/c1-18(2)31-21-12-8-9-19(15-21)17-27-29-26(30)23-16-25(20-10-4-3-5-11-20)28-24-14-7-6-13-22(23)24/h3-18H,1-2H3,(H,29,30)/b27-17-. The minimum atomic E-state index is -0.290. The van der Waals surface area contributed by atoms with Gasteiger partial charge in [0.05, 0.1) is 29.1 Å². The molecule has 31 heavy (non-hydrogen) atoms. The fourth-order valence-electron chi connectivity index (χ4n) is 3.29. The van der Waals surface area contributed by atoms with E-state index < -0.39 is 0 Å². The number of hydrazone groups is 1. The van der Waals surface area contributed by atoms with Crippen LogP contribution in [0.1, 0.15) is 29.8 Å². The van der Waals surface area contributed by atoms with Crippen LogP contribution >= 0.6 is 0 Å². The quantitative estimate of drug-likeness (QED) is 0.340. The topological polar surface area (TPSA) is 63.6 Å². The van der Waals surface area contributed by atoms with Gasteiger partial charge in [0, 0.05) is 10.9 Å². The Morgan fingerprint density at radius 2 is 1.74 bits per heavy atom. The minimum absolute atomic E-state index is 0.0886. The highest BCUT2D eigenvalue weighted by Gasteiger charge is 2.13. The second kappa shape index (κ2) is 9.22. The van der Waals surface area contributed by atoms with Gasteiger partial charge in [-0.1, -0.05) is 60.7 Å². The van der Waals surface area contributed by atoms with Crippen molar-refractivity contribution >= 4 is 23.0 Å². The number of carbonyl (C=O) groups excluding carboxylic acids is 1. The van der Waals surface area contributed by atoms with Crippen molar-refractivity contribution in [2.24, 2.45) is 5.10 Å². The molecule has 1 N–H and O–H groups in total. The number of nitrogens with zero attached hydrogens (tertiary/aromatic N) is 2. The van der Waals surface area contributed by atoms with Gasteiger partial charge in [0.2, 0.25) is 0 Å². The number of rotatable bonds is 6. The third-order valence-corrected chi connectivity index (χ3v) is 4.64. The molecule has 0 bridgehead atoms. The van der Waals surface area contributed by atoms with Crippen LogP contribution in [-0.4, -0.2) is 23.2 Å². The van der Waals surface area contributed by atoms with Crippen molar-refractivity contribution < 1.29 is 9.53 Å². The Hall–Kier alpha value is -3.99. The molecule has 5 nitrogen and oxygen atoms in total. The number of amides is 1. The van der Waals surface area contributed by atoms with Gasteiger partial charge < -0.3 is 4.74 Å². The number of benzene rings is 3. The summed E-state index contributed by atoms with van der Waals surface area (Å²) in [6, 6.07) is 26.8. The molecule has 3 aromatic carbocycles. The van der Waals surface area contributed by atoms with Crippen molar-refractivity contribution in [3.05, 3.63) is 96.1 Å². The van der Waals surface area contributed by atoms with Gasteiger partial charge in [0.1, 0.15) is 5.75 Å². The number of hydrogen-bond donors (Lipinski definition) is 1. The molecule has 0 unspecified atom stereocenters. The smallest absolute Gasteiger partial charge is 0.272 e. The molecule has 4 aromatic rings. The van der Waals surface area contributed by atoms with E-state index in [0.29, 0.717) is 5.56 Å². The average Bonchev–Trinajstić information content (AvgIpc) is 2.78. The summed E-state index contributed by atoms with van der Waals surface area (Å²) in [6.07, 6.45) is 1.69. The van der Waals surface area contributed by atoms with Crippen molar-refractivity contribution in [1.29, 1.82) is 0 Å². The third-order valence-electron chi connectivity index (χ3n) is 4.64. The molecule has 0 aliphatic carbocycles. The summed E-state index contributed by atoms with van der Waals surface area (Å²) in [5, 5.41) is 4.93. The molecule has 0 aliphatic rings. The first-order chi connectivity index (χ1) is 15.1. The first kappa shape index (κ1) is 20.3. The van der Waals surface area contributed by atoms with Crippen LogP contribution in [0.4, 0.5) is 0 Å². The summed E-state index contributed by atoms with van der Waals surface area (Å²) in [5.41, 5.74) is 6.46. The Morgan fingerprint density at radius 1 is 0.968 bits per heavy atom. The van der Waals surface area contributed by atoms with Crippen molar-refractivity contribution in [1.82, 2.24) is 10.4 Å². The van der Waals surface area contributed by atoms with E-state index in [1.54, 1.807) is 12.3 Å². The molecule has 0 radical (unpaired) electrons. The fourth-order valence-corrected chi connectivity index (χ4v) is 3.29. The Morgan fingerprint density at radius 3 is 2.55 bits per heavy atom. The monoisotopic (exact) mass is 409 g/mol. The largest absolute Gasteiger partial charge is 0.491 e. The summed E-state index contributed by atoms with van der Waals surface area (Å²) in [7, 11) is 0. The lowest BCUT2D eigenvalue weighted by atomic mass is 10.0. The van der Waals surface area contributed by atoms with E-state index in [4.69, 9.17) is 9.72 Å². The second-order valence-electron chi connectivity index (χ2n) is 7.38. The molecule has 1 aromatic heterocycles. The van der Waals surface area contributed by atoms with Crippen LogP contribution in [0.15, 0.2) is 90.0 Å². The Kier molecular flexibility index (Phi) is 6.03. The lowest BCUT2D eigenvalue weighted by molar-refractivity contribution is 0.0956. The molecule has 4 rings (SSSR count). The molecule has 1 heterocycles. The maximum absolute atomic E-state index is 13.0. The van der Waals surface area contributed by atoms with Gasteiger partial charge in [-0.25, -0.2) is 10.4 Å². The zero-order valence-corrected chi connectivity index (χ0v) is 17.4. The second-order valence-corrected chi connectivity index (χ2v) is 7.38. The number of fused-ring (bicyclic) bond motifs is 1. The summed E-state index contributed by atoms with van der Waals surface area (Å²) < 4.78 is 5.70. The molecule has 154 valence electrons. The Labute approximate surface area is 181 Å². The number of hydrogen-bond acceptors (Lipinski definition) is 4. The van der Waals surface area contributed by atoms with Crippen LogP contribution in [0.25, 0.3) is 22.2 Å². The van der Waals surface area contributed by atoms with E-state index in [2.05, 4.69) is 10.5 Å². The Balaban J connectivity index is 1.60. The van der Waals surface area contributed by atoms with Gasteiger partial charge >= 0.3 is 0 Å². The SMILES string of the molecule is CC(C)Oc1cccc(/C=N\NC(=O)c2cc(-c3ccccc3)nc3ccccc23)c1. The van der Waals surface area contributed by atoms with Gasteiger partial charge in [0.25, 0.3) is 5.91 Å². The summed E-state index contributed by atoms with van der Waals surface area (Å²) >= 11 is 0. The van der Waals surface area contributed by atoms with Crippen molar-refractivity contribution in [2.45, 2.75) is 20.0 Å². The van der Waals surface area contributed by atoms with Gasteiger partial charge in [-0.2, -0.15) is 5.10 Å². The summed E-state index contributed by atoms with van der Waals surface area (Å²) in [6.45, 7) is 3.95. The highest BCUT2D eigenvalue weighted by atomic mass is 16.5. The van der Waals surface area contributed by atoms with Crippen LogP contribution in [-0.2, 0) is 0 Å². The van der Waals surface area contributed by atoms with Crippen LogP contribution in [0.5, 0.6) is 5.75 Å². The molecule has 0 saturated heterocycles. The number of para-hydroxylation sites is 1. The van der Waals surface area contributed by atoms with Crippen LogP contribution in [0.3, 0.4) is 0 Å². The molecular weight excluding hydrogens is 386 g/mol. The molecule has 0 aliphatic heterocycles. The number of carbonyl (C=O) groups is 1. The molecule has 0 fully saturated rings. The zero-order chi connectivity index (χ0) is 21.6. The molecule has 0 saturated carbocycles. The third kappa shape index (κ3) is 4.95. The van der Waals surface area contributed by atoms with Gasteiger partial charge in [0.15, 0.2) is 0 Å². The van der Waals surface area contributed by atoms with E-state index in [1.165, 1.54) is 0 Å². The summed E-state index contributed by atoms with van der Waals surface area (Å²) in [4.78, 5) is 17.7. The first-order valence-electron chi connectivity index (χ1n) is 10.2. The fraction of sp³-hybridized carbons (Fsp3) is 0.115. The first-order valence-corrected chi connectivity index (χ1v) is 10.2. The predicted octanol–water partition coefficient (Wildman–Crippen LogP) is 5.45. The van der Waals surface area contributed by atoms with Crippen LogP contribution in [0.2, 0.25) is 0 Å². The highest BCUT2D eigenvalue weighted by molar-refractivity contribution is 6.07. The van der Waals surface area contributed by atoms with Gasteiger partial charge in [-0.15, -0.1) is 0 Å². The normalized spacial score (nSPS) is 11.2. The minimum Gasteiger partial charge on any atom is -0.491 e. The number of aromatic nitrogens is 1. The number of pyridine rings is 1. The van der Waals surface area contributed by atoms with Crippen LogP contribution in [0, 0.1) is 0 Å². The highest BCUT2D eigenvalue weighted by Crippen LogP contribution is 2.24. The van der Waals surface area contributed by atoms with E-state index in [-0.39, 0.29) is 12.0 Å². The van der Waals surface area contributed by atoms with E-state index in [0.717, 1.165) is 33.5 Å². The molecule has 0 spiro atoms. The summed E-state index contributed by atoms with van der Waals surface area (Å²) in [5.74, 6) is 0.472. The Bertz CT molecular complexity index is 1230. The predicted molar refractivity (Wildman–Crippen MR) is 124 cm³/mol. The molecular formula is C26H23N3O2. The van der Waals surface area contributed by atoms with Crippen LogP contribution < -0.4 is 10.2 Å². The van der Waals surface area contributed by atoms with Crippen molar-refractivity contribution in [2.75, 3.05) is 0 Å². The van der Waals surface area contributed by atoms with Gasteiger partial charge in [-0.3, -0.25) is 4.79 Å². The van der Waals surface area contributed by atoms with Crippen molar-refractivity contribution in [3.8, 4) is 17.0 Å². The number of ether oxygens (including phenoxy) is 1. The maximum atomic E-state index is 13.0. The van der Waals surface area contributed by atoms with E-state index in [1.807, 2.05) is 92.7 Å². The van der Waals surface area contributed by atoms with Gasteiger partial charge in [-0.05, 0) is 43.7 Å². The average molecular weight is 409 g/mol. The maximum Gasteiger partial charge on any atom is 0.272 e. The van der Waals surface area contributed by atoms with Crippen molar-refractivity contribution in [3.63, 3.8) is 0 Å². The molecule has 1 amide bonds. The van der Waals surface area contributed by atoms with E-state index >= 15 is 0 Å².